The van der Waals surface area contributed by atoms with Crippen LogP contribution in [0.25, 0.3) is 30.7 Å². The molecule has 0 aliphatic carbocycles. The monoisotopic (exact) mass is 618 g/mol. The van der Waals surface area contributed by atoms with Crippen LogP contribution in [0, 0.1) is 13.8 Å². The van der Waals surface area contributed by atoms with Crippen LogP contribution in [0.15, 0.2) is 76.3 Å². The van der Waals surface area contributed by atoms with E-state index >= 15 is 0 Å². The van der Waals surface area contributed by atoms with Crippen molar-refractivity contribution in [2.75, 3.05) is 0 Å². The van der Waals surface area contributed by atoms with Crippen molar-refractivity contribution in [2.45, 2.75) is 19.8 Å². The largest absolute Gasteiger partial charge is 0.293 e. The Kier molecular flexibility index (Phi) is 6.24. The summed E-state index contributed by atoms with van der Waals surface area (Å²) < 4.78 is 4.80. The van der Waals surface area contributed by atoms with Crippen LogP contribution in [-0.4, -0.2) is 29.5 Å². The van der Waals surface area contributed by atoms with Gasteiger partial charge in [-0.2, -0.15) is 9.36 Å². The smallest absolute Gasteiger partial charge is 0.277 e. The van der Waals surface area contributed by atoms with Crippen LogP contribution in [0.4, 0.5) is 0 Å². The molecule has 2 N–H and O–H groups in total. The molecule has 0 radical (unpaired) electrons. The van der Waals surface area contributed by atoms with Crippen molar-refractivity contribution in [3.8, 4) is 10.3 Å². The average molecular weight is 620 g/mol. The molecule has 0 amide bonds. The minimum atomic E-state index is -0.747. The van der Waals surface area contributed by atoms with Crippen molar-refractivity contribution >= 4 is 66.3 Å². The molecule has 8 nitrogen and oxygen atoms in total. The number of benzene rings is 3. The first-order chi connectivity index (χ1) is 19.8. The summed E-state index contributed by atoms with van der Waals surface area (Å²) in [6.45, 7) is 3.64. The van der Waals surface area contributed by atoms with Crippen LogP contribution in [0.5, 0.6) is 0 Å². The summed E-state index contributed by atoms with van der Waals surface area (Å²) >= 11 is 15.5. The Morgan fingerprint density at radius 3 is 1.66 bits per heavy atom. The topological polar surface area (TPSA) is 101 Å². The summed E-state index contributed by atoms with van der Waals surface area (Å²) in [5.41, 5.74) is 3.70. The first-order valence-electron chi connectivity index (χ1n) is 12.6. The Labute approximate surface area is 250 Å². The summed E-state index contributed by atoms with van der Waals surface area (Å²) in [5.74, 6) is -0.747. The van der Waals surface area contributed by atoms with Crippen molar-refractivity contribution in [3.05, 3.63) is 126 Å². The van der Waals surface area contributed by atoms with E-state index in [0.717, 1.165) is 20.4 Å². The van der Waals surface area contributed by atoms with Crippen molar-refractivity contribution in [1.29, 1.82) is 0 Å². The molecule has 4 aromatic heterocycles. The predicted octanol–water partition coefficient (Wildman–Crippen LogP) is 6.97. The number of aromatic amines is 2. The maximum Gasteiger partial charge on any atom is 0.277 e. The van der Waals surface area contributed by atoms with E-state index in [9.17, 15) is 9.59 Å². The van der Waals surface area contributed by atoms with Gasteiger partial charge in [0.25, 0.3) is 11.1 Å². The van der Waals surface area contributed by atoms with Crippen molar-refractivity contribution in [2.24, 2.45) is 0 Å². The molecule has 204 valence electrons. The molecular formula is C29H20Cl2N6O2S2. The number of nitrogens with one attached hydrogen (secondary N) is 2. The van der Waals surface area contributed by atoms with E-state index < -0.39 is 5.92 Å². The van der Waals surface area contributed by atoms with Crippen LogP contribution in [0.1, 0.15) is 34.0 Å². The van der Waals surface area contributed by atoms with Gasteiger partial charge >= 0.3 is 0 Å². The SMILES string of the molecule is Cc1[nH]n(-c2nc3ccccc3s2)c(=O)c1C(c1ccc(Cl)c(Cl)c1)c1c(C)[nH]n(-c2nc3ccccc3s2)c1=O. The standard InChI is InChI=1S/C29H20Cl2N6O2S2/c1-14-23(26(38)36(34-14)28-32-19-7-3-5-9-21(19)40-28)25(16-11-12-17(30)18(31)13-16)24-15(2)35-37(27(24)39)29-33-20-8-4-6-10-22(20)41-29/h3-13,25,34-35H,1-2H3. The predicted molar refractivity (Wildman–Crippen MR) is 166 cm³/mol. The van der Waals surface area contributed by atoms with Gasteiger partial charge in [0.05, 0.1) is 41.6 Å². The molecule has 4 heterocycles. The first kappa shape index (κ1) is 26.0. The van der Waals surface area contributed by atoms with Gasteiger partial charge in [-0.1, -0.05) is 76.2 Å². The van der Waals surface area contributed by atoms with E-state index in [1.165, 1.54) is 32.0 Å². The number of halogens is 2. The number of fused-ring (bicyclic) bond motifs is 2. The number of para-hydroxylation sites is 2. The molecule has 7 aromatic rings. The minimum absolute atomic E-state index is 0.302. The van der Waals surface area contributed by atoms with Crippen LogP contribution in [0.3, 0.4) is 0 Å². The lowest BCUT2D eigenvalue weighted by molar-refractivity contribution is 0.824. The zero-order valence-corrected chi connectivity index (χ0v) is 24.8. The number of nitrogens with zero attached hydrogens (tertiary/aromatic N) is 4. The zero-order valence-electron chi connectivity index (χ0n) is 21.6. The Balaban J connectivity index is 1.45. The lowest BCUT2D eigenvalue weighted by atomic mass is 9.85. The highest BCUT2D eigenvalue weighted by Gasteiger charge is 2.32. The highest BCUT2D eigenvalue weighted by Crippen LogP contribution is 2.36. The Hall–Kier alpha value is -3.96. The molecule has 0 aliphatic rings. The molecule has 7 rings (SSSR count). The van der Waals surface area contributed by atoms with Gasteiger partial charge in [0.1, 0.15) is 0 Å². The molecule has 0 atom stereocenters. The Morgan fingerprint density at radius 2 is 1.20 bits per heavy atom. The summed E-state index contributed by atoms with van der Waals surface area (Å²) in [7, 11) is 0. The number of aryl methyl sites for hydroxylation is 2. The molecule has 0 unspecified atom stereocenters. The number of aromatic nitrogens is 6. The molecule has 0 aliphatic heterocycles. The van der Waals surface area contributed by atoms with Gasteiger partial charge < -0.3 is 0 Å². The van der Waals surface area contributed by atoms with Crippen molar-refractivity contribution in [3.63, 3.8) is 0 Å². The van der Waals surface area contributed by atoms with Gasteiger partial charge in [0, 0.05) is 17.3 Å². The van der Waals surface area contributed by atoms with Gasteiger partial charge in [-0.15, -0.1) is 0 Å². The van der Waals surface area contributed by atoms with Crippen molar-refractivity contribution in [1.82, 2.24) is 29.5 Å². The Bertz CT molecular complexity index is 2040. The molecule has 3 aromatic carbocycles. The van der Waals surface area contributed by atoms with E-state index in [1.54, 1.807) is 18.2 Å². The number of H-pyrrole nitrogens is 2. The fourth-order valence-corrected chi connectivity index (χ4v) is 7.31. The molecule has 0 fully saturated rings. The van der Waals surface area contributed by atoms with E-state index in [0.29, 0.717) is 48.4 Å². The normalized spacial score (nSPS) is 11.8. The van der Waals surface area contributed by atoms with E-state index in [4.69, 9.17) is 23.2 Å². The summed E-state index contributed by atoms with van der Waals surface area (Å²) in [6.07, 6.45) is 0. The summed E-state index contributed by atoms with van der Waals surface area (Å²) in [5, 5.41) is 8.12. The molecule has 41 heavy (non-hydrogen) atoms. The number of rotatable bonds is 5. The third kappa shape index (κ3) is 4.26. The molecule has 0 saturated carbocycles. The molecule has 0 spiro atoms. The number of thiazole rings is 2. The second-order valence-corrected chi connectivity index (χ2v) is 12.4. The number of hydrogen-bond acceptors (Lipinski definition) is 6. The second kappa shape index (κ2) is 9.85. The third-order valence-electron chi connectivity index (χ3n) is 7.04. The molecule has 12 heteroatoms. The van der Waals surface area contributed by atoms with E-state index in [2.05, 4.69) is 20.2 Å². The molecular weight excluding hydrogens is 599 g/mol. The zero-order chi connectivity index (χ0) is 28.4. The van der Waals surface area contributed by atoms with Gasteiger partial charge in [-0.3, -0.25) is 19.8 Å². The maximum absolute atomic E-state index is 14.1. The van der Waals surface area contributed by atoms with Crippen molar-refractivity contribution < 1.29 is 0 Å². The minimum Gasteiger partial charge on any atom is -0.293 e. The second-order valence-electron chi connectivity index (χ2n) is 9.62. The lowest BCUT2D eigenvalue weighted by Gasteiger charge is -2.16. The van der Waals surface area contributed by atoms with Crippen LogP contribution >= 0.6 is 45.9 Å². The lowest BCUT2D eigenvalue weighted by Crippen LogP contribution is -2.25. The fourth-order valence-electron chi connectivity index (χ4n) is 5.15. The molecule has 0 bridgehead atoms. The van der Waals surface area contributed by atoms with Gasteiger partial charge in [-0.05, 0) is 55.8 Å². The highest BCUT2D eigenvalue weighted by atomic mass is 35.5. The maximum atomic E-state index is 14.1. The van der Waals surface area contributed by atoms with Crippen LogP contribution in [-0.2, 0) is 0 Å². The van der Waals surface area contributed by atoms with E-state index in [-0.39, 0.29) is 11.1 Å². The van der Waals surface area contributed by atoms with Crippen LogP contribution in [0.2, 0.25) is 10.0 Å². The van der Waals surface area contributed by atoms with Crippen LogP contribution < -0.4 is 11.1 Å². The van der Waals surface area contributed by atoms with E-state index in [1.807, 2.05) is 62.4 Å². The average Bonchev–Trinajstić information content (AvgIpc) is 3.71. The Morgan fingerprint density at radius 1 is 0.707 bits per heavy atom. The van der Waals surface area contributed by atoms with Gasteiger partial charge in [-0.25, -0.2) is 9.97 Å². The van der Waals surface area contributed by atoms with Gasteiger partial charge in [0.2, 0.25) is 10.3 Å². The molecule has 0 saturated heterocycles. The number of hydrogen-bond donors (Lipinski definition) is 2. The summed E-state index contributed by atoms with van der Waals surface area (Å²) in [6, 6.07) is 20.6. The third-order valence-corrected chi connectivity index (χ3v) is 9.82. The fraction of sp³-hybridized carbons (Fsp3) is 0.103. The summed E-state index contributed by atoms with van der Waals surface area (Å²) in [4.78, 5) is 37.6. The van der Waals surface area contributed by atoms with Gasteiger partial charge in [0.15, 0.2) is 0 Å². The highest BCUT2D eigenvalue weighted by molar-refractivity contribution is 7.21. The quantitative estimate of drug-likeness (QED) is 0.217. The first-order valence-corrected chi connectivity index (χ1v) is 15.0.